The summed E-state index contributed by atoms with van der Waals surface area (Å²) in [5.41, 5.74) is 10.1. The van der Waals surface area contributed by atoms with Crippen LogP contribution in [0.25, 0.3) is 0 Å². The molecule has 0 radical (unpaired) electrons. The van der Waals surface area contributed by atoms with E-state index in [-0.39, 0.29) is 6.54 Å². The Morgan fingerprint density at radius 3 is 2.44 bits per heavy atom. The summed E-state index contributed by atoms with van der Waals surface area (Å²) < 4.78 is 5.24. The van der Waals surface area contributed by atoms with Gasteiger partial charge in [0.1, 0.15) is 5.75 Å². The second kappa shape index (κ2) is 5.72. The lowest BCUT2D eigenvalue weighted by Crippen LogP contribution is -2.49. The van der Waals surface area contributed by atoms with Crippen LogP contribution in [0.4, 0.5) is 4.79 Å². The van der Waals surface area contributed by atoms with Crippen LogP contribution in [0.15, 0.2) is 30.3 Å². The third-order valence-corrected chi connectivity index (χ3v) is 1.76. The number of Topliss-reactive ketones (excluding diaryl/α,β-unsaturated/α-hetero) is 1. The zero-order valence-corrected chi connectivity index (χ0v) is 8.55. The van der Waals surface area contributed by atoms with Crippen LogP contribution in [0, 0.1) is 0 Å². The number of benzene rings is 1. The highest BCUT2D eigenvalue weighted by Gasteiger charge is 2.19. The van der Waals surface area contributed by atoms with Crippen molar-refractivity contribution in [2.75, 3.05) is 6.54 Å². The van der Waals surface area contributed by atoms with Gasteiger partial charge in [0.15, 0.2) is 0 Å². The summed E-state index contributed by atoms with van der Waals surface area (Å²) >= 11 is 0. The third kappa shape index (κ3) is 3.58. The van der Waals surface area contributed by atoms with Crippen molar-refractivity contribution in [1.29, 1.82) is 0 Å². The van der Waals surface area contributed by atoms with Crippen LogP contribution in [0.2, 0.25) is 0 Å². The number of hydrogen-bond donors (Lipinski definition) is 3. The van der Waals surface area contributed by atoms with E-state index in [0.29, 0.717) is 5.75 Å². The molecule has 0 aliphatic rings. The average molecular weight is 223 g/mol. The summed E-state index contributed by atoms with van der Waals surface area (Å²) in [6, 6.07) is 7.74. The van der Waals surface area contributed by atoms with Gasteiger partial charge in [0.05, 0.1) is 6.54 Å². The molecular weight excluding hydrogens is 210 g/mol. The predicted octanol–water partition coefficient (Wildman–Crippen LogP) is -0.412. The fourth-order valence-corrected chi connectivity index (χ4v) is 1.05. The number of hydrogen-bond acceptors (Lipinski definition) is 4. The van der Waals surface area contributed by atoms with Crippen molar-refractivity contribution in [2.45, 2.75) is 6.23 Å². The molecule has 16 heavy (non-hydrogen) atoms. The highest BCUT2D eigenvalue weighted by atomic mass is 16.5. The molecule has 2 amide bonds. The van der Waals surface area contributed by atoms with Crippen LogP contribution in [0.3, 0.4) is 0 Å². The molecule has 0 aliphatic heterocycles. The number of primary amides is 1. The van der Waals surface area contributed by atoms with Gasteiger partial charge in [-0.3, -0.25) is 10.1 Å². The molecule has 0 bridgehead atoms. The lowest BCUT2D eigenvalue weighted by molar-refractivity contribution is -0.125. The molecule has 1 aromatic carbocycles. The van der Waals surface area contributed by atoms with Gasteiger partial charge in [-0.15, -0.1) is 0 Å². The van der Waals surface area contributed by atoms with Crippen molar-refractivity contribution in [1.82, 2.24) is 5.32 Å². The number of rotatable bonds is 5. The molecule has 0 aliphatic carbocycles. The van der Waals surface area contributed by atoms with E-state index in [1.54, 1.807) is 30.3 Å². The van der Waals surface area contributed by atoms with E-state index in [0.717, 1.165) is 0 Å². The summed E-state index contributed by atoms with van der Waals surface area (Å²) in [6.45, 7) is -0.238. The van der Waals surface area contributed by atoms with E-state index < -0.39 is 18.0 Å². The number of ether oxygens (including phenoxy) is 1. The summed E-state index contributed by atoms with van der Waals surface area (Å²) in [5, 5.41) is 2.17. The maximum Gasteiger partial charge on any atom is 0.315 e. The van der Waals surface area contributed by atoms with Gasteiger partial charge in [-0.05, 0) is 12.1 Å². The first-order valence-corrected chi connectivity index (χ1v) is 4.64. The molecule has 6 nitrogen and oxygen atoms in total. The van der Waals surface area contributed by atoms with E-state index in [9.17, 15) is 9.59 Å². The number of ketones is 1. The molecule has 6 heteroatoms. The highest BCUT2D eigenvalue weighted by Crippen LogP contribution is 2.10. The Kier molecular flexibility index (Phi) is 4.28. The first kappa shape index (κ1) is 12.0. The highest BCUT2D eigenvalue weighted by molar-refractivity contribution is 5.88. The van der Waals surface area contributed by atoms with Gasteiger partial charge in [0.2, 0.25) is 12.0 Å². The smallest absolute Gasteiger partial charge is 0.315 e. The number of para-hydroxylation sites is 1. The maximum atomic E-state index is 11.3. The average Bonchev–Trinajstić information content (AvgIpc) is 2.28. The Hall–Kier alpha value is -2.08. The topological polar surface area (TPSA) is 107 Å². The lowest BCUT2D eigenvalue weighted by Gasteiger charge is -2.17. The minimum absolute atomic E-state index is 0.238. The van der Waals surface area contributed by atoms with Crippen LogP contribution < -0.4 is 21.5 Å². The van der Waals surface area contributed by atoms with E-state index in [2.05, 4.69) is 5.32 Å². The predicted molar refractivity (Wildman–Crippen MR) is 57.6 cm³/mol. The van der Waals surface area contributed by atoms with Crippen molar-refractivity contribution in [2.24, 2.45) is 11.5 Å². The molecule has 1 unspecified atom stereocenters. The minimum Gasteiger partial charge on any atom is -0.463 e. The quantitative estimate of drug-likeness (QED) is 0.589. The van der Waals surface area contributed by atoms with Crippen molar-refractivity contribution >= 4 is 11.8 Å². The second-order valence-electron chi connectivity index (χ2n) is 2.99. The normalized spacial score (nSPS) is 11.6. The molecule has 1 atom stereocenters. The fourth-order valence-electron chi connectivity index (χ4n) is 1.05. The summed E-state index contributed by atoms with van der Waals surface area (Å²) in [5.74, 6) is -0.00861. The zero-order valence-electron chi connectivity index (χ0n) is 8.55. The lowest BCUT2D eigenvalue weighted by atomic mass is 10.3. The molecule has 0 saturated heterocycles. The molecular formula is C10H13N3O3. The Bertz CT molecular complexity index is 367. The van der Waals surface area contributed by atoms with Gasteiger partial charge in [-0.1, -0.05) is 18.2 Å². The summed E-state index contributed by atoms with van der Waals surface area (Å²) in [6.07, 6.45) is -1.15. The third-order valence-electron chi connectivity index (χ3n) is 1.76. The zero-order chi connectivity index (χ0) is 12.0. The molecule has 1 aromatic rings. The van der Waals surface area contributed by atoms with Crippen molar-refractivity contribution < 1.29 is 14.3 Å². The largest absolute Gasteiger partial charge is 0.463 e. The van der Waals surface area contributed by atoms with Gasteiger partial charge >= 0.3 is 6.03 Å². The van der Waals surface area contributed by atoms with E-state index in [4.69, 9.17) is 16.2 Å². The monoisotopic (exact) mass is 223 g/mol. The Labute approximate surface area is 92.6 Å². The van der Waals surface area contributed by atoms with Crippen LogP contribution >= 0.6 is 0 Å². The van der Waals surface area contributed by atoms with Crippen molar-refractivity contribution in [3.8, 4) is 5.75 Å². The van der Waals surface area contributed by atoms with E-state index >= 15 is 0 Å². The Balaban J connectivity index is 2.70. The molecule has 0 fully saturated rings. The van der Waals surface area contributed by atoms with Gasteiger partial charge in [-0.25, -0.2) is 4.79 Å². The molecule has 5 N–H and O–H groups in total. The number of amides is 2. The minimum atomic E-state index is -1.15. The van der Waals surface area contributed by atoms with Gasteiger partial charge in [-0.2, -0.15) is 0 Å². The number of carbonyl (C=O) groups is 2. The summed E-state index contributed by atoms with van der Waals surface area (Å²) in [4.78, 5) is 22.0. The van der Waals surface area contributed by atoms with Crippen LogP contribution in [0.1, 0.15) is 0 Å². The van der Waals surface area contributed by atoms with Gasteiger partial charge in [0.25, 0.3) is 0 Å². The summed E-state index contributed by atoms with van der Waals surface area (Å²) in [7, 11) is 0. The van der Waals surface area contributed by atoms with Crippen LogP contribution in [0.5, 0.6) is 5.75 Å². The molecule has 0 saturated carbocycles. The molecule has 1 rings (SSSR count). The van der Waals surface area contributed by atoms with Crippen LogP contribution in [-0.4, -0.2) is 24.6 Å². The Morgan fingerprint density at radius 1 is 1.31 bits per heavy atom. The van der Waals surface area contributed by atoms with Gasteiger partial charge in [0, 0.05) is 0 Å². The van der Waals surface area contributed by atoms with Crippen LogP contribution in [-0.2, 0) is 4.79 Å². The van der Waals surface area contributed by atoms with E-state index in [1.165, 1.54) is 0 Å². The Morgan fingerprint density at radius 2 is 1.94 bits per heavy atom. The standard InChI is InChI=1S/C10H13N3O3/c11-6-8(14)9(13-10(12)15)16-7-4-2-1-3-5-7/h1-5,9H,6,11H2,(H3,12,13,15). The van der Waals surface area contributed by atoms with Crippen molar-refractivity contribution in [3.05, 3.63) is 30.3 Å². The van der Waals surface area contributed by atoms with Gasteiger partial charge < -0.3 is 16.2 Å². The first-order valence-electron chi connectivity index (χ1n) is 4.64. The molecule has 0 aromatic heterocycles. The number of nitrogens with one attached hydrogen (secondary N) is 1. The number of urea groups is 1. The maximum absolute atomic E-state index is 11.3. The SMILES string of the molecule is NCC(=O)C(NC(N)=O)Oc1ccccc1. The first-order chi connectivity index (χ1) is 7.63. The molecule has 86 valence electrons. The van der Waals surface area contributed by atoms with E-state index in [1.807, 2.05) is 0 Å². The van der Waals surface area contributed by atoms with Crippen molar-refractivity contribution in [3.63, 3.8) is 0 Å². The number of carbonyl (C=O) groups excluding carboxylic acids is 2. The number of nitrogens with two attached hydrogens (primary N) is 2. The second-order valence-corrected chi connectivity index (χ2v) is 2.99. The molecule has 0 spiro atoms. The molecule has 0 heterocycles. The fraction of sp³-hybridized carbons (Fsp3) is 0.200.